The standard InChI is InChI=1S/C27H21BrClN3O7S/c1-2-38-23-11-16(7-10-22(23)39-15-17-5-3-4-6-21(17)32(36)37)12-24-26(34)31(27(35)40-24)14-25(33)30-18-8-9-19(28)20(29)13-18/h3-13H,2,14-15H2,1H3,(H,30,33)/b24-12+. The van der Waals surface area contributed by atoms with E-state index in [9.17, 15) is 24.5 Å². The van der Waals surface area contributed by atoms with Crippen LogP contribution in [-0.4, -0.2) is 40.0 Å². The summed E-state index contributed by atoms with van der Waals surface area (Å²) in [7, 11) is 0. The lowest BCUT2D eigenvalue weighted by molar-refractivity contribution is -0.385. The monoisotopic (exact) mass is 645 g/mol. The summed E-state index contributed by atoms with van der Waals surface area (Å²) in [5, 5.41) is 13.7. The normalized spacial score (nSPS) is 14.0. The van der Waals surface area contributed by atoms with E-state index >= 15 is 0 Å². The zero-order chi connectivity index (χ0) is 28.8. The summed E-state index contributed by atoms with van der Waals surface area (Å²) in [4.78, 5) is 49.7. The Hall–Kier alpha value is -3.87. The van der Waals surface area contributed by atoms with Crippen LogP contribution in [0.1, 0.15) is 18.1 Å². The Labute approximate surface area is 246 Å². The van der Waals surface area contributed by atoms with Crippen LogP contribution in [0.25, 0.3) is 6.08 Å². The maximum Gasteiger partial charge on any atom is 0.294 e. The lowest BCUT2D eigenvalue weighted by Crippen LogP contribution is -2.36. The minimum atomic E-state index is -0.603. The van der Waals surface area contributed by atoms with Gasteiger partial charge in [-0.05, 0) is 82.7 Å². The van der Waals surface area contributed by atoms with Crippen LogP contribution in [-0.2, 0) is 16.2 Å². The molecule has 4 rings (SSSR count). The first-order chi connectivity index (χ1) is 19.2. The number of thioether (sulfide) groups is 1. The number of amides is 3. The first-order valence-corrected chi connectivity index (χ1v) is 13.8. The summed E-state index contributed by atoms with van der Waals surface area (Å²) < 4.78 is 12.2. The molecule has 10 nitrogen and oxygen atoms in total. The van der Waals surface area contributed by atoms with Gasteiger partial charge in [0.15, 0.2) is 11.5 Å². The van der Waals surface area contributed by atoms with E-state index in [-0.39, 0.29) is 17.2 Å². The van der Waals surface area contributed by atoms with Gasteiger partial charge >= 0.3 is 0 Å². The average Bonchev–Trinajstić information content (AvgIpc) is 3.17. The van der Waals surface area contributed by atoms with Gasteiger partial charge in [-0.1, -0.05) is 29.8 Å². The number of para-hydroxylation sites is 1. The van der Waals surface area contributed by atoms with Crippen LogP contribution in [0.4, 0.5) is 16.2 Å². The highest BCUT2D eigenvalue weighted by molar-refractivity contribution is 9.10. The number of carbonyl (C=O) groups excluding carboxylic acids is 3. The first-order valence-electron chi connectivity index (χ1n) is 11.8. The zero-order valence-electron chi connectivity index (χ0n) is 20.9. The van der Waals surface area contributed by atoms with Crippen molar-refractivity contribution < 1.29 is 28.8 Å². The number of ether oxygens (including phenoxy) is 2. The molecule has 40 heavy (non-hydrogen) atoms. The number of halogens is 2. The molecule has 1 saturated heterocycles. The molecule has 206 valence electrons. The molecular formula is C27H21BrClN3O7S. The first kappa shape index (κ1) is 29.1. The van der Waals surface area contributed by atoms with Gasteiger partial charge in [0.2, 0.25) is 5.91 Å². The van der Waals surface area contributed by atoms with E-state index < -0.39 is 28.5 Å². The average molecular weight is 647 g/mol. The number of benzene rings is 3. The third kappa shape index (κ3) is 7.00. The third-order valence-corrected chi connectivity index (χ3v) is 7.66. The Balaban J connectivity index is 1.46. The third-order valence-electron chi connectivity index (χ3n) is 5.52. The van der Waals surface area contributed by atoms with Crippen molar-refractivity contribution in [1.29, 1.82) is 0 Å². The van der Waals surface area contributed by atoms with Crippen molar-refractivity contribution in [3.8, 4) is 11.5 Å². The molecule has 1 heterocycles. The van der Waals surface area contributed by atoms with Gasteiger partial charge in [-0.3, -0.25) is 29.4 Å². The molecule has 1 aliphatic rings. The number of anilines is 1. The lowest BCUT2D eigenvalue weighted by Gasteiger charge is -2.13. The van der Waals surface area contributed by atoms with Gasteiger partial charge < -0.3 is 14.8 Å². The molecule has 0 unspecified atom stereocenters. The van der Waals surface area contributed by atoms with E-state index in [4.69, 9.17) is 21.1 Å². The molecule has 0 aromatic heterocycles. The Morgan fingerprint density at radius 3 is 2.62 bits per heavy atom. The van der Waals surface area contributed by atoms with Gasteiger partial charge in [0.25, 0.3) is 16.8 Å². The van der Waals surface area contributed by atoms with Gasteiger partial charge in [-0.25, -0.2) is 0 Å². The van der Waals surface area contributed by atoms with E-state index in [0.29, 0.717) is 44.4 Å². The minimum Gasteiger partial charge on any atom is -0.490 e. The zero-order valence-corrected chi connectivity index (χ0v) is 24.0. The molecule has 3 amide bonds. The van der Waals surface area contributed by atoms with Crippen LogP contribution in [0, 0.1) is 10.1 Å². The van der Waals surface area contributed by atoms with Crippen LogP contribution in [0.2, 0.25) is 5.02 Å². The van der Waals surface area contributed by atoms with Crippen molar-refractivity contribution in [2.75, 3.05) is 18.5 Å². The maximum atomic E-state index is 12.9. The van der Waals surface area contributed by atoms with Crippen molar-refractivity contribution in [3.05, 3.63) is 96.3 Å². The van der Waals surface area contributed by atoms with Gasteiger partial charge in [-0.2, -0.15) is 0 Å². The van der Waals surface area contributed by atoms with Crippen molar-refractivity contribution in [3.63, 3.8) is 0 Å². The minimum absolute atomic E-state index is 0.0516. The second-order valence-corrected chi connectivity index (χ2v) is 10.5. The van der Waals surface area contributed by atoms with Gasteiger partial charge in [0, 0.05) is 16.2 Å². The second-order valence-electron chi connectivity index (χ2n) is 8.26. The fourth-order valence-electron chi connectivity index (χ4n) is 3.67. The summed E-state index contributed by atoms with van der Waals surface area (Å²) in [6.07, 6.45) is 1.52. The summed E-state index contributed by atoms with van der Waals surface area (Å²) in [6.45, 7) is 1.60. The molecule has 1 N–H and O–H groups in total. The number of hydrogen-bond acceptors (Lipinski definition) is 8. The lowest BCUT2D eigenvalue weighted by atomic mass is 10.1. The molecule has 1 aliphatic heterocycles. The molecule has 0 bridgehead atoms. The highest BCUT2D eigenvalue weighted by Crippen LogP contribution is 2.35. The Morgan fingerprint density at radius 2 is 1.90 bits per heavy atom. The number of carbonyl (C=O) groups is 3. The number of imide groups is 1. The predicted molar refractivity (Wildman–Crippen MR) is 155 cm³/mol. The molecule has 3 aromatic carbocycles. The maximum absolute atomic E-state index is 12.9. The summed E-state index contributed by atoms with van der Waals surface area (Å²) >= 11 is 10.0. The summed E-state index contributed by atoms with van der Waals surface area (Å²) in [5.41, 5.74) is 1.33. The number of nitrogens with one attached hydrogen (secondary N) is 1. The van der Waals surface area contributed by atoms with Gasteiger partial charge in [-0.15, -0.1) is 0 Å². The van der Waals surface area contributed by atoms with Crippen molar-refractivity contribution in [1.82, 2.24) is 4.90 Å². The van der Waals surface area contributed by atoms with Crippen LogP contribution in [0.5, 0.6) is 11.5 Å². The number of nitro benzene ring substituents is 1. The second kappa shape index (κ2) is 13.0. The Kier molecular flexibility index (Phi) is 9.46. The van der Waals surface area contributed by atoms with Gasteiger partial charge in [0.05, 0.1) is 27.0 Å². The summed E-state index contributed by atoms with van der Waals surface area (Å²) in [5.74, 6) is -0.439. The molecule has 0 atom stereocenters. The van der Waals surface area contributed by atoms with Crippen molar-refractivity contribution >= 4 is 73.8 Å². The van der Waals surface area contributed by atoms with E-state index in [2.05, 4.69) is 21.2 Å². The molecule has 13 heteroatoms. The van der Waals surface area contributed by atoms with E-state index in [1.807, 2.05) is 0 Å². The highest BCUT2D eigenvalue weighted by Gasteiger charge is 2.36. The van der Waals surface area contributed by atoms with Crippen molar-refractivity contribution in [2.45, 2.75) is 13.5 Å². The SMILES string of the molecule is CCOc1cc(/C=C2/SC(=O)N(CC(=O)Nc3ccc(Br)c(Cl)c3)C2=O)ccc1OCc1ccccc1[N+](=O)[O-]. The van der Waals surface area contributed by atoms with E-state index in [1.165, 1.54) is 12.1 Å². The number of rotatable bonds is 10. The van der Waals surface area contributed by atoms with Crippen molar-refractivity contribution in [2.24, 2.45) is 0 Å². The molecule has 0 spiro atoms. The van der Waals surface area contributed by atoms with Crippen LogP contribution in [0.3, 0.4) is 0 Å². The molecule has 1 fully saturated rings. The fourth-order valence-corrected chi connectivity index (χ4v) is 4.94. The number of hydrogen-bond donors (Lipinski definition) is 1. The topological polar surface area (TPSA) is 128 Å². The van der Waals surface area contributed by atoms with E-state index in [1.54, 1.807) is 61.5 Å². The van der Waals surface area contributed by atoms with Crippen LogP contribution in [0.15, 0.2) is 70.0 Å². The Morgan fingerprint density at radius 1 is 1.12 bits per heavy atom. The Bertz CT molecular complexity index is 1530. The van der Waals surface area contributed by atoms with Crippen LogP contribution < -0.4 is 14.8 Å². The predicted octanol–water partition coefficient (Wildman–Crippen LogP) is 6.66. The van der Waals surface area contributed by atoms with Crippen LogP contribution >= 0.6 is 39.3 Å². The quantitative estimate of drug-likeness (QED) is 0.147. The molecular weight excluding hydrogens is 626 g/mol. The van der Waals surface area contributed by atoms with E-state index in [0.717, 1.165) is 16.7 Å². The largest absolute Gasteiger partial charge is 0.490 e. The van der Waals surface area contributed by atoms with Gasteiger partial charge in [0.1, 0.15) is 13.2 Å². The fraction of sp³-hybridized carbons (Fsp3) is 0.148. The summed E-state index contributed by atoms with van der Waals surface area (Å²) in [6, 6.07) is 16.0. The molecule has 0 radical (unpaired) electrons. The molecule has 0 aliphatic carbocycles. The molecule has 3 aromatic rings. The smallest absolute Gasteiger partial charge is 0.294 e. The number of nitro groups is 1. The molecule has 0 saturated carbocycles. The highest BCUT2D eigenvalue weighted by atomic mass is 79.9. The number of nitrogens with zero attached hydrogens (tertiary/aromatic N) is 2.